The first-order valence-corrected chi connectivity index (χ1v) is 7.86. The van der Waals surface area contributed by atoms with Gasteiger partial charge in [-0.3, -0.25) is 0 Å². The van der Waals surface area contributed by atoms with Gasteiger partial charge in [-0.05, 0) is 53.4 Å². The van der Waals surface area contributed by atoms with Gasteiger partial charge in [-0.1, -0.05) is 11.6 Å². The van der Waals surface area contributed by atoms with Crippen molar-refractivity contribution in [2.75, 3.05) is 5.73 Å². The van der Waals surface area contributed by atoms with E-state index < -0.39 is 17.7 Å². The monoisotopic (exact) mass is 360 g/mol. The maximum Gasteiger partial charge on any atom is 0.219 e. The van der Waals surface area contributed by atoms with Crippen LogP contribution in [0.4, 0.5) is 14.7 Å². The van der Waals surface area contributed by atoms with E-state index in [1.165, 1.54) is 24.5 Å². The first kappa shape index (κ1) is 17.3. The van der Waals surface area contributed by atoms with Crippen LogP contribution >= 0.6 is 11.6 Å². The molecule has 0 saturated heterocycles. The summed E-state index contributed by atoms with van der Waals surface area (Å²) in [6.07, 6.45) is 3.05. The van der Waals surface area contributed by atoms with Crippen LogP contribution in [0.15, 0.2) is 42.7 Å². The van der Waals surface area contributed by atoms with Crippen LogP contribution in [0, 0.1) is 11.6 Å². The number of nitrogens with two attached hydrogens (primary N) is 2. The summed E-state index contributed by atoms with van der Waals surface area (Å²) in [5.41, 5.74) is 14.4. The number of hydrogen-bond acceptors (Lipinski definition) is 4. The Balaban J connectivity index is 2.35. The van der Waals surface area contributed by atoms with Crippen LogP contribution in [0.3, 0.4) is 0 Å². The van der Waals surface area contributed by atoms with Crippen molar-refractivity contribution >= 4 is 17.5 Å². The summed E-state index contributed by atoms with van der Waals surface area (Å²) < 4.78 is 27.5. The molecular formula is C18H15ClF2N4. The van der Waals surface area contributed by atoms with Crippen molar-refractivity contribution in [1.82, 2.24) is 9.97 Å². The number of halogens is 3. The Hall–Kier alpha value is -2.57. The summed E-state index contributed by atoms with van der Waals surface area (Å²) in [7, 11) is 0. The summed E-state index contributed by atoms with van der Waals surface area (Å²) in [5.74, 6) is -1.24. The Labute approximate surface area is 148 Å². The Bertz CT molecular complexity index is 907. The first-order chi connectivity index (χ1) is 11.8. The third-order valence-electron chi connectivity index (χ3n) is 3.76. The van der Waals surface area contributed by atoms with Crippen LogP contribution in [0.25, 0.3) is 22.3 Å². The molecule has 0 aliphatic heterocycles. The largest absolute Gasteiger partial charge is 0.368 e. The van der Waals surface area contributed by atoms with Gasteiger partial charge in [-0.2, -0.15) is 0 Å². The molecule has 25 heavy (non-hydrogen) atoms. The van der Waals surface area contributed by atoms with Crippen molar-refractivity contribution in [3.8, 4) is 22.3 Å². The Morgan fingerprint density at radius 2 is 1.56 bits per heavy atom. The van der Waals surface area contributed by atoms with Gasteiger partial charge < -0.3 is 11.5 Å². The molecule has 0 aliphatic carbocycles. The lowest BCUT2D eigenvalue weighted by Crippen LogP contribution is -2.08. The quantitative estimate of drug-likeness (QED) is 0.728. The normalized spacial score (nSPS) is 12.2. The second-order valence-electron chi connectivity index (χ2n) is 5.69. The molecule has 1 atom stereocenters. The number of benzene rings is 2. The molecule has 0 spiro atoms. The van der Waals surface area contributed by atoms with E-state index >= 15 is 0 Å². The minimum absolute atomic E-state index is 0.122. The van der Waals surface area contributed by atoms with Crippen LogP contribution in [0.2, 0.25) is 5.02 Å². The summed E-state index contributed by atoms with van der Waals surface area (Å²) in [6, 6.07) is 6.27. The maximum atomic E-state index is 13.8. The molecule has 3 aromatic rings. The maximum absolute atomic E-state index is 13.8. The van der Waals surface area contributed by atoms with Crippen LogP contribution in [0.1, 0.15) is 18.5 Å². The van der Waals surface area contributed by atoms with Gasteiger partial charge in [0.2, 0.25) is 5.95 Å². The number of aromatic nitrogens is 2. The topological polar surface area (TPSA) is 77.8 Å². The molecule has 4 N–H and O–H groups in total. The predicted octanol–water partition coefficient (Wildman–Crippen LogP) is 4.34. The van der Waals surface area contributed by atoms with Crippen LogP contribution < -0.4 is 11.5 Å². The number of rotatable bonds is 3. The lowest BCUT2D eigenvalue weighted by molar-refractivity contribution is 0.584. The zero-order valence-corrected chi connectivity index (χ0v) is 14.1. The number of anilines is 1. The zero-order valence-electron chi connectivity index (χ0n) is 13.3. The molecule has 0 aliphatic rings. The molecule has 4 nitrogen and oxygen atoms in total. The van der Waals surface area contributed by atoms with Crippen molar-refractivity contribution in [2.45, 2.75) is 13.0 Å². The van der Waals surface area contributed by atoms with E-state index in [-0.39, 0.29) is 5.95 Å². The molecule has 128 valence electrons. The molecule has 0 radical (unpaired) electrons. The Morgan fingerprint density at radius 3 is 2.12 bits per heavy atom. The summed E-state index contributed by atoms with van der Waals surface area (Å²) >= 11 is 6.23. The van der Waals surface area contributed by atoms with Crippen molar-refractivity contribution in [2.24, 2.45) is 5.73 Å². The number of nitrogens with zero attached hydrogens (tertiary/aromatic N) is 2. The van der Waals surface area contributed by atoms with Crippen molar-refractivity contribution in [3.05, 3.63) is 64.9 Å². The molecule has 3 rings (SSSR count). The van der Waals surface area contributed by atoms with E-state index in [9.17, 15) is 8.78 Å². The number of nitrogen functional groups attached to an aromatic ring is 1. The third kappa shape index (κ3) is 3.60. The molecule has 0 bridgehead atoms. The highest BCUT2D eigenvalue weighted by Crippen LogP contribution is 2.39. The van der Waals surface area contributed by atoms with Gasteiger partial charge in [-0.15, -0.1) is 0 Å². The molecule has 0 saturated carbocycles. The summed E-state index contributed by atoms with van der Waals surface area (Å²) in [5, 5.41) is 0.444. The van der Waals surface area contributed by atoms with Crippen molar-refractivity contribution < 1.29 is 8.78 Å². The van der Waals surface area contributed by atoms with Gasteiger partial charge in [0.25, 0.3) is 0 Å². The average molecular weight is 361 g/mol. The van der Waals surface area contributed by atoms with E-state index in [4.69, 9.17) is 23.1 Å². The van der Waals surface area contributed by atoms with E-state index in [2.05, 4.69) is 9.97 Å². The van der Waals surface area contributed by atoms with Crippen LogP contribution in [0.5, 0.6) is 0 Å². The molecule has 7 heteroatoms. The van der Waals surface area contributed by atoms with Gasteiger partial charge in [0.1, 0.15) is 11.6 Å². The molecule has 0 amide bonds. The highest BCUT2D eigenvalue weighted by molar-refractivity contribution is 6.31. The standard InChI is InChI=1S/C18H15ClF2N4/c1-9(22)15-4-12(19)5-16(11-7-24-18(23)25-8-11)17(15)10-2-13(20)6-14(21)3-10/h2-9H,22H2,1H3,(H2,23,24,25). The smallest absolute Gasteiger partial charge is 0.219 e. The third-order valence-corrected chi connectivity index (χ3v) is 3.98. The Kier molecular flexibility index (Phi) is 4.65. The molecular weight excluding hydrogens is 346 g/mol. The second kappa shape index (κ2) is 6.74. The molecule has 0 fully saturated rings. The van der Waals surface area contributed by atoms with Crippen LogP contribution in [-0.2, 0) is 0 Å². The fourth-order valence-electron chi connectivity index (χ4n) is 2.71. The predicted molar refractivity (Wildman–Crippen MR) is 94.8 cm³/mol. The van der Waals surface area contributed by atoms with Gasteiger partial charge in [0, 0.05) is 35.1 Å². The lowest BCUT2D eigenvalue weighted by atomic mass is 9.89. The van der Waals surface area contributed by atoms with Gasteiger partial charge >= 0.3 is 0 Å². The van der Waals surface area contributed by atoms with E-state index in [1.807, 2.05) is 0 Å². The fraction of sp³-hybridized carbons (Fsp3) is 0.111. The first-order valence-electron chi connectivity index (χ1n) is 7.48. The van der Waals surface area contributed by atoms with Gasteiger partial charge in [-0.25, -0.2) is 18.7 Å². The second-order valence-corrected chi connectivity index (χ2v) is 6.13. The minimum Gasteiger partial charge on any atom is -0.368 e. The van der Waals surface area contributed by atoms with Gasteiger partial charge in [0.05, 0.1) is 0 Å². The molecule has 1 heterocycles. The molecule has 1 unspecified atom stereocenters. The summed E-state index contributed by atoms with van der Waals surface area (Å²) in [4.78, 5) is 7.95. The van der Waals surface area contributed by atoms with E-state index in [1.54, 1.807) is 19.1 Å². The number of hydrogen-bond donors (Lipinski definition) is 2. The fourth-order valence-corrected chi connectivity index (χ4v) is 2.94. The zero-order chi connectivity index (χ0) is 18.1. The van der Waals surface area contributed by atoms with Crippen molar-refractivity contribution in [1.29, 1.82) is 0 Å². The summed E-state index contributed by atoms with van der Waals surface area (Å²) in [6.45, 7) is 1.77. The van der Waals surface area contributed by atoms with E-state index in [0.717, 1.165) is 6.07 Å². The molecule has 2 aromatic carbocycles. The van der Waals surface area contributed by atoms with E-state index in [0.29, 0.717) is 32.8 Å². The lowest BCUT2D eigenvalue weighted by Gasteiger charge is -2.19. The van der Waals surface area contributed by atoms with Gasteiger partial charge in [0.15, 0.2) is 0 Å². The SMILES string of the molecule is CC(N)c1cc(Cl)cc(-c2cnc(N)nc2)c1-c1cc(F)cc(F)c1. The Morgan fingerprint density at radius 1 is 0.960 bits per heavy atom. The minimum atomic E-state index is -0.680. The highest BCUT2D eigenvalue weighted by Gasteiger charge is 2.18. The van der Waals surface area contributed by atoms with Crippen molar-refractivity contribution in [3.63, 3.8) is 0 Å². The highest BCUT2D eigenvalue weighted by atomic mass is 35.5. The van der Waals surface area contributed by atoms with Crippen LogP contribution in [-0.4, -0.2) is 9.97 Å². The molecule has 1 aromatic heterocycles. The average Bonchev–Trinajstić information content (AvgIpc) is 2.53.